The number of hydrogen-bond acceptors (Lipinski definition) is 3. The highest BCUT2D eigenvalue weighted by molar-refractivity contribution is 5.49. The Labute approximate surface area is 157 Å². The van der Waals surface area contributed by atoms with Gasteiger partial charge in [0.25, 0.3) is 0 Å². The number of methoxy groups -OCH3 is 2. The van der Waals surface area contributed by atoms with E-state index >= 15 is 0 Å². The van der Waals surface area contributed by atoms with Crippen molar-refractivity contribution in [2.75, 3.05) is 20.8 Å². The molecular weight excluding hydrogens is 355 g/mol. The number of fused-ring (bicyclic) bond motifs is 1. The molecular formula is C21H24F3NO2. The Morgan fingerprint density at radius 3 is 2.41 bits per heavy atom. The predicted molar refractivity (Wildman–Crippen MR) is 98.5 cm³/mol. The van der Waals surface area contributed by atoms with Crippen molar-refractivity contribution in [2.45, 2.75) is 38.4 Å². The van der Waals surface area contributed by atoms with Crippen LogP contribution < -0.4 is 14.8 Å². The van der Waals surface area contributed by atoms with Gasteiger partial charge in [0, 0.05) is 6.04 Å². The van der Waals surface area contributed by atoms with Crippen LogP contribution in [0.2, 0.25) is 0 Å². The van der Waals surface area contributed by atoms with Crippen molar-refractivity contribution in [1.29, 1.82) is 0 Å². The van der Waals surface area contributed by atoms with E-state index in [-0.39, 0.29) is 6.04 Å². The Morgan fingerprint density at radius 2 is 1.78 bits per heavy atom. The SMILES string of the molecule is COc1cc2c(cc1OC)[C@H](CCc1ccc(C(F)(F)F)cc1C)NCC2. The molecule has 146 valence electrons. The lowest BCUT2D eigenvalue weighted by atomic mass is 9.89. The van der Waals surface area contributed by atoms with Crippen LogP contribution in [0.1, 0.15) is 40.3 Å². The molecule has 0 fully saturated rings. The lowest BCUT2D eigenvalue weighted by molar-refractivity contribution is -0.137. The Bertz CT molecular complexity index is 818. The van der Waals surface area contributed by atoms with Gasteiger partial charge < -0.3 is 14.8 Å². The monoisotopic (exact) mass is 379 g/mol. The molecule has 0 saturated heterocycles. The van der Waals surface area contributed by atoms with Gasteiger partial charge in [0.05, 0.1) is 19.8 Å². The minimum absolute atomic E-state index is 0.134. The molecule has 6 heteroatoms. The summed E-state index contributed by atoms with van der Waals surface area (Å²) in [5, 5.41) is 3.51. The topological polar surface area (TPSA) is 30.5 Å². The molecule has 0 saturated carbocycles. The average molecular weight is 379 g/mol. The second kappa shape index (κ2) is 7.80. The molecule has 3 nitrogen and oxygen atoms in total. The maximum absolute atomic E-state index is 12.8. The third kappa shape index (κ3) is 4.21. The molecule has 2 aromatic rings. The first-order valence-electron chi connectivity index (χ1n) is 8.98. The second-order valence-electron chi connectivity index (χ2n) is 6.84. The Morgan fingerprint density at radius 1 is 1.07 bits per heavy atom. The van der Waals surface area contributed by atoms with E-state index in [2.05, 4.69) is 5.32 Å². The van der Waals surface area contributed by atoms with Crippen molar-refractivity contribution >= 4 is 0 Å². The van der Waals surface area contributed by atoms with Crippen LogP contribution in [-0.4, -0.2) is 20.8 Å². The van der Waals surface area contributed by atoms with Gasteiger partial charge in [0.1, 0.15) is 0 Å². The van der Waals surface area contributed by atoms with Gasteiger partial charge in [-0.15, -0.1) is 0 Å². The van der Waals surface area contributed by atoms with E-state index in [1.54, 1.807) is 27.2 Å². The van der Waals surface area contributed by atoms with E-state index in [0.717, 1.165) is 30.7 Å². The standard InChI is InChI=1S/C21H24F3NO2/c1-13-10-16(21(22,23)24)6-4-14(13)5-7-18-17-12-20(27-3)19(26-2)11-15(17)8-9-25-18/h4,6,10-12,18,25H,5,7-9H2,1-3H3/t18-/m0/s1. The predicted octanol–water partition coefficient (Wildman–Crippen LogP) is 4.85. The molecule has 1 heterocycles. The Hall–Kier alpha value is -2.21. The molecule has 1 aliphatic heterocycles. The summed E-state index contributed by atoms with van der Waals surface area (Å²) >= 11 is 0. The van der Waals surface area contributed by atoms with E-state index in [4.69, 9.17) is 9.47 Å². The summed E-state index contributed by atoms with van der Waals surface area (Å²) in [6, 6.07) is 8.14. The first kappa shape index (κ1) is 19.5. The minimum Gasteiger partial charge on any atom is -0.493 e. The van der Waals surface area contributed by atoms with Crippen molar-refractivity contribution < 1.29 is 22.6 Å². The number of alkyl halides is 3. The van der Waals surface area contributed by atoms with Crippen LogP contribution in [0.25, 0.3) is 0 Å². The van der Waals surface area contributed by atoms with Gasteiger partial charge >= 0.3 is 6.18 Å². The van der Waals surface area contributed by atoms with E-state index < -0.39 is 11.7 Å². The Balaban J connectivity index is 1.79. The zero-order chi connectivity index (χ0) is 19.6. The average Bonchev–Trinajstić information content (AvgIpc) is 2.65. The maximum atomic E-state index is 12.8. The highest BCUT2D eigenvalue weighted by Gasteiger charge is 2.30. The molecule has 1 N–H and O–H groups in total. The van der Waals surface area contributed by atoms with E-state index in [9.17, 15) is 13.2 Å². The number of aryl methyl sites for hydroxylation is 2. The van der Waals surface area contributed by atoms with Crippen LogP contribution in [0.3, 0.4) is 0 Å². The Kier molecular flexibility index (Phi) is 5.65. The van der Waals surface area contributed by atoms with E-state index in [1.165, 1.54) is 23.3 Å². The van der Waals surface area contributed by atoms with Gasteiger partial charge in [0.2, 0.25) is 0 Å². The first-order valence-corrected chi connectivity index (χ1v) is 8.98. The van der Waals surface area contributed by atoms with Gasteiger partial charge in [0.15, 0.2) is 11.5 Å². The number of benzene rings is 2. The van der Waals surface area contributed by atoms with Crippen molar-refractivity contribution in [3.8, 4) is 11.5 Å². The number of rotatable bonds is 5. The van der Waals surface area contributed by atoms with Gasteiger partial charge in [-0.2, -0.15) is 13.2 Å². The quantitative estimate of drug-likeness (QED) is 0.806. The number of nitrogens with one attached hydrogen (secondary N) is 1. The number of halogens is 3. The van der Waals surface area contributed by atoms with Gasteiger partial charge in [-0.1, -0.05) is 6.07 Å². The molecule has 0 unspecified atom stereocenters. The van der Waals surface area contributed by atoms with Crippen molar-refractivity contribution in [2.24, 2.45) is 0 Å². The normalized spacial score (nSPS) is 16.7. The summed E-state index contributed by atoms with van der Waals surface area (Å²) in [5.41, 5.74) is 3.41. The van der Waals surface area contributed by atoms with Crippen LogP contribution in [0.5, 0.6) is 11.5 Å². The highest BCUT2D eigenvalue weighted by atomic mass is 19.4. The maximum Gasteiger partial charge on any atom is 0.416 e. The molecule has 1 aliphatic rings. The fourth-order valence-electron chi connectivity index (χ4n) is 3.68. The minimum atomic E-state index is -4.30. The summed E-state index contributed by atoms with van der Waals surface area (Å²) < 4.78 is 49.3. The molecule has 0 bridgehead atoms. The zero-order valence-corrected chi connectivity index (χ0v) is 15.7. The number of ether oxygens (including phenoxy) is 2. The van der Waals surface area contributed by atoms with Crippen LogP contribution in [0.15, 0.2) is 30.3 Å². The highest BCUT2D eigenvalue weighted by Crippen LogP contribution is 2.37. The van der Waals surface area contributed by atoms with Crippen molar-refractivity contribution in [3.05, 3.63) is 58.1 Å². The molecule has 3 rings (SSSR count). The third-order valence-corrected chi connectivity index (χ3v) is 5.18. The smallest absolute Gasteiger partial charge is 0.416 e. The summed E-state index contributed by atoms with van der Waals surface area (Å²) in [5.74, 6) is 1.41. The molecule has 1 atom stereocenters. The van der Waals surface area contributed by atoms with Crippen LogP contribution in [-0.2, 0) is 19.0 Å². The van der Waals surface area contributed by atoms with Crippen LogP contribution >= 0.6 is 0 Å². The molecule has 0 spiro atoms. The molecule has 27 heavy (non-hydrogen) atoms. The van der Waals surface area contributed by atoms with E-state index in [1.807, 2.05) is 12.1 Å². The summed E-state index contributed by atoms with van der Waals surface area (Å²) in [6.45, 7) is 2.60. The zero-order valence-electron chi connectivity index (χ0n) is 15.7. The molecule has 0 amide bonds. The molecule has 0 aromatic heterocycles. The van der Waals surface area contributed by atoms with Crippen molar-refractivity contribution in [1.82, 2.24) is 5.32 Å². The van der Waals surface area contributed by atoms with Crippen molar-refractivity contribution in [3.63, 3.8) is 0 Å². The number of hydrogen-bond donors (Lipinski definition) is 1. The van der Waals surface area contributed by atoms with Crippen LogP contribution in [0.4, 0.5) is 13.2 Å². The van der Waals surface area contributed by atoms with Crippen LogP contribution in [0, 0.1) is 6.92 Å². The lowest BCUT2D eigenvalue weighted by Gasteiger charge is -2.28. The summed E-state index contributed by atoms with van der Waals surface area (Å²) in [6.07, 6.45) is -1.89. The molecule has 0 radical (unpaired) electrons. The largest absolute Gasteiger partial charge is 0.493 e. The summed E-state index contributed by atoms with van der Waals surface area (Å²) in [4.78, 5) is 0. The molecule has 2 aromatic carbocycles. The van der Waals surface area contributed by atoms with Gasteiger partial charge in [-0.05, 0) is 79.3 Å². The summed E-state index contributed by atoms with van der Waals surface area (Å²) in [7, 11) is 3.23. The van der Waals surface area contributed by atoms with Gasteiger partial charge in [-0.25, -0.2) is 0 Å². The first-order chi connectivity index (χ1) is 12.8. The van der Waals surface area contributed by atoms with E-state index in [0.29, 0.717) is 17.7 Å². The lowest BCUT2D eigenvalue weighted by Crippen LogP contribution is -2.30. The molecule has 0 aliphatic carbocycles. The fraction of sp³-hybridized carbons (Fsp3) is 0.429. The third-order valence-electron chi connectivity index (χ3n) is 5.18. The van der Waals surface area contributed by atoms with Gasteiger partial charge in [-0.3, -0.25) is 0 Å². The second-order valence-corrected chi connectivity index (χ2v) is 6.84. The fourth-order valence-corrected chi connectivity index (χ4v) is 3.68.